The molecule has 0 aliphatic carbocycles. The number of hydrogen-bond donors (Lipinski definition) is 1. The molecule has 0 saturated heterocycles. The maximum Gasteiger partial charge on any atom is 0.312 e. The topological polar surface area (TPSA) is 46.5 Å². The van der Waals surface area contributed by atoms with Crippen LogP contribution < -0.4 is 0 Å². The minimum absolute atomic E-state index is 0.358. The summed E-state index contributed by atoms with van der Waals surface area (Å²) < 4.78 is 5.40. The molecule has 1 aromatic carbocycles. The molecule has 0 aromatic heterocycles. The summed E-state index contributed by atoms with van der Waals surface area (Å²) in [5, 5.41) is 10.2. The quantitative estimate of drug-likeness (QED) is 0.850. The highest BCUT2D eigenvalue weighted by molar-refractivity contribution is 5.74. The summed E-state index contributed by atoms with van der Waals surface area (Å²) in [4.78, 5) is 12.2. The lowest BCUT2D eigenvalue weighted by Crippen LogP contribution is -2.41. The molecule has 0 fully saturated rings. The van der Waals surface area contributed by atoms with Crippen molar-refractivity contribution in [1.82, 2.24) is 0 Å². The third kappa shape index (κ3) is 5.43. The SMILES string of the molecule is CC(C)(C)OC(=O)[C@H](Cc1ccccc1)C(C)(C)O. The van der Waals surface area contributed by atoms with Gasteiger partial charge in [0.2, 0.25) is 0 Å². The standard InChI is InChI=1S/C16H24O3/c1-15(2,3)19-14(17)13(16(4,5)18)11-12-9-7-6-8-10-12/h6-10,13,18H,11H2,1-5H3/t13-/m0/s1. The minimum atomic E-state index is -1.11. The zero-order valence-electron chi connectivity index (χ0n) is 12.4. The summed E-state index contributed by atoms with van der Waals surface area (Å²) in [6.07, 6.45) is 0.471. The summed E-state index contributed by atoms with van der Waals surface area (Å²) in [5.41, 5.74) is -0.643. The van der Waals surface area contributed by atoms with Gasteiger partial charge in [-0.25, -0.2) is 0 Å². The zero-order valence-corrected chi connectivity index (χ0v) is 12.4. The molecule has 0 amide bonds. The Morgan fingerprint density at radius 2 is 1.68 bits per heavy atom. The molecule has 0 aliphatic heterocycles. The maximum absolute atomic E-state index is 12.2. The molecule has 1 rings (SSSR count). The molecule has 19 heavy (non-hydrogen) atoms. The van der Waals surface area contributed by atoms with Crippen LogP contribution in [0.4, 0.5) is 0 Å². The van der Waals surface area contributed by atoms with Crippen molar-refractivity contribution in [3.63, 3.8) is 0 Å². The highest BCUT2D eigenvalue weighted by atomic mass is 16.6. The predicted octanol–water partition coefficient (Wildman–Crippen LogP) is 2.96. The number of rotatable bonds is 4. The van der Waals surface area contributed by atoms with Crippen LogP contribution in [0.1, 0.15) is 40.2 Å². The van der Waals surface area contributed by atoms with Gasteiger partial charge in [0.25, 0.3) is 0 Å². The highest BCUT2D eigenvalue weighted by Crippen LogP contribution is 2.25. The third-order valence-electron chi connectivity index (χ3n) is 2.83. The molecule has 3 heteroatoms. The summed E-state index contributed by atoms with van der Waals surface area (Å²) in [5.74, 6) is -0.932. The molecule has 0 unspecified atom stereocenters. The molecule has 0 heterocycles. The van der Waals surface area contributed by atoms with Gasteiger partial charge in [-0.05, 0) is 46.6 Å². The summed E-state index contributed by atoms with van der Waals surface area (Å²) in [6, 6.07) is 9.67. The number of hydrogen-bond acceptors (Lipinski definition) is 3. The molecule has 1 N–H and O–H groups in total. The second-order valence-electron chi connectivity index (χ2n) is 6.43. The van der Waals surface area contributed by atoms with Crippen LogP contribution in [0, 0.1) is 5.92 Å². The van der Waals surface area contributed by atoms with Crippen molar-refractivity contribution in [3.05, 3.63) is 35.9 Å². The van der Waals surface area contributed by atoms with Crippen molar-refractivity contribution in [2.45, 2.75) is 52.2 Å². The Labute approximate surface area is 115 Å². The van der Waals surface area contributed by atoms with Crippen LogP contribution >= 0.6 is 0 Å². The Morgan fingerprint density at radius 3 is 2.11 bits per heavy atom. The number of carbonyl (C=O) groups is 1. The van der Waals surface area contributed by atoms with Crippen LogP contribution in [0.3, 0.4) is 0 Å². The van der Waals surface area contributed by atoms with E-state index in [9.17, 15) is 9.90 Å². The summed E-state index contributed by atoms with van der Waals surface area (Å²) in [6.45, 7) is 8.77. The fourth-order valence-corrected chi connectivity index (χ4v) is 1.84. The third-order valence-corrected chi connectivity index (χ3v) is 2.83. The summed E-state index contributed by atoms with van der Waals surface area (Å²) >= 11 is 0. The second-order valence-corrected chi connectivity index (χ2v) is 6.43. The average Bonchev–Trinajstić information content (AvgIpc) is 2.23. The van der Waals surface area contributed by atoms with Crippen molar-refractivity contribution < 1.29 is 14.6 Å². The first kappa shape index (κ1) is 15.7. The monoisotopic (exact) mass is 264 g/mol. The number of carbonyl (C=O) groups excluding carboxylic acids is 1. The van der Waals surface area contributed by atoms with Gasteiger partial charge in [-0.1, -0.05) is 30.3 Å². The van der Waals surface area contributed by atoms with E-state index < -0.39 is 17.1 Å². The van der Waals surface area contributed by atoms with Crippen LogP contribution in [0.2, 0.25) is 0 Å². The van der Waals surface area contributed by atoms with Crippen LogP contribution in [-0.2, 0) is 16.0 Å². The lowest BCUT2D eigenvalue weighted by Gasteiger charge is -2.31. The van der Waals surface area contributed by atoms with Crippen LogP contribution in [0.15, 0.2) is 30.3 Å². The highest BCUT2D eigenvalue weighted by Gasteiger charge is 2.36. The number of esters is 1. The van der Waals surface area contributed by atoms with Gasteiger partial charge in [-0.15, -0.1) is 0 Å². The van der Waals surface area contributed by atoms with E-state index in [0.717, 1.165) is 5.56 Å². The minimum Gasteiger partial charge on any atom is -0.460 e. The lowest BCUT2D eigenvalue weighted by atomic mass is 9.85. The Bertz CT molecular complexity index is 410. The molecular formula is C16H24O3. The average molecular weight is 264 g/mol. The molecular weight excluding hydrogens is 240 g/mol. The fourth-order valence-electron chi connectivity index (χ4n) is 1.84. The Balaban J connectivity index is 2.88. The Hall–Kier alpha value is -1.35. The first-order valence-electron chi connectivity index (χ1n) is 6.59. The largest absolute Gasteiger partial charge is 0.460 e. The molecule has 106 valence electrons. The van der Waals surface area contributed by atoms with Gasteiger partial charge in [0.1, 0.15) is 5.60 Å². The van der Waals surface area contributed by atoms with E-state index >= 15 is 0 Å². The van der Waals surface area contributed by atoms with Crippen LogP contribution in [0.25, 0.3) is 0 Å². The second kappa shape index (κ2) is 5.74. The molecule has 0 bridgehead atoms. The van der Waals surface area contributed by atoms with Gasteiger partial charge in [0.15, 0.2) is 0 Å². The van der Waals surface area contributed by atoms with Crippen molar-refractivity contribution in [1.29, 1.82) is 0 Å². The van der Waals surface area contributed by atoms with E-state index in [-0.39, 0.29) is 5.97 Å². The van der Waals surface area contributed by atoms with Gasteiger partial charge in [0.05, 0.1) is 11.5 Å². The van der Waals surface area contributed by atoms with Gasteiger partial charge >= 0.3 is 5.97 Å². The Morgan fingerprint density at radius 1 is 1.16 bits per heavy atom. The molecule has 0 aliphatic rings. The van der Waals surface area contributed by atoms with E-state index in [1.807, 2.05) is 51.1 Å². The molecule has 1 aromatic rings. The van der Waals surface area contributed by atoms with Crippen molar-refractivity contribution in [2.75, 3.05) is 0 Å². The molecule has 0 saturated carbocycles. The van der Waals surface area contributed by atoms with Gasteiger partial charge in [-0.3, -0.25) is 4.79 Å². The predicted molar refractivity (Wildman–Crippen MR) is 75.8 cm³/mol. The van der Waals surface area contributed by atoms with E-state index in [1.54, 1.807) is 13.8 Å². The molecule has 0 radical (unpaired) electrons. The first-order chi connectivity index (χ1) is 8.59. The van der Waals surface area contributed by atoms with E-state index in [0.29, 0.717) is 6.42 Å². The van der Waals surface area contributed by atoms with Gasteiger partial charge in [0, 0.05) is 0 Å². The molecule has 3 nitrogen and oxygen atoms in total. The zero-order chi connectivity index (χ0) is 14.7. The maximum atomic E-state index is 12.2. The van der Waals surface area contributed by atoms with E-state index in [1.165, 1.54) is 0 Å². The number of benzene rings is 1. The first-order valence-corrected chi connectivity index (χ1v) is 6.59. The van der Waals surface area contributed by atoms with Crippen molar-refractivity contribution >= 4 is 5.97 Å². The van der Waals surface area contributed by atoms with Crippen molar-refractivity contribution in [3.8, 4) is 0 Å². The van der Waals surface area contributed by atoms with E-state index in [2.05, 4.69) is 0 Å². The molecule has 1 atom stereocenters. The van der Waals surface area contributed by atoms with Gasteiger partial charge in [-0.2, -0.15) is 0 Å². The van der Waals surface area contributed by atoms with E-state index in [4.69, 9.17) is 4.74 Å². The van der Waals surface area contributed by atoms with Gasteiger partial charge < -0.3 is 9.84 Å². The normalized spacial score (nSPS) is 14.0. The smallest absolute Gasteiger partial charge is 0.312 e. The lowest BCUT2D eigenvalue weighted by molar-refractivity contribution is -0.168. The molecule has 0 spiro atoms. The van der Waals surface area contributed by atoms with Crippen LogP contribution in [0.5, 0.6) is 0 Å². The number of ether oxygens (including phenoxy) is 1. The number of aliphatic hydroxyl groups is 1. The fraction of sp³-hybridized carbons (Fsp3) is 0.562. The van der Waals surface area contributed by atoms with Crippen molar-refractivity contribution in [2.24, 2.45) is 5.92 Å². The van der Waals surface area contributed by atoms with Crippen LogP contribution in [-0.4, -0.2) is 22.3 Å². The Kier molecular flexibility index (Phi) is 4.75. The summed E-state index contributed by atoms with van der Waals surface area (Å²) in [7, 11) is 0.